The molecule has 1 fully saturated rings. The molecule has 1 aliphatic carbocycles. The first kappa shape index (κ1) is 21.0. The Morgan fingerprint density at radius 1 is 1.10 bits per heavy atom. The maximum atomic E-state index is 5.61. The zero-order valence-corrected chi connectivity index (χ0v) is 16.2. The Hall–Kier alpha value is -0.0400. The Balaban J connectivity index is 0.00000400. The number of nitrogens with zero attached hydrogens (tertiary/aromatic N) is 1. The molecule has 0 atom stereocenters. The van der Waals surface area contributed by atoms with Crippen molar-refractivity contribution < 1.29 is 4.74 Å². The van der Waals surface area contributed by atoms with Gasteiger partial charge in [-0.3, -0.25) is 4.99 Å². The molecule has 0 aliphatic heterocycles. The third-order valence-corrected chi connectivity index (χ3v) is 3.43. The summed E-state index contributed by atoms with van der Waals surface area (Å²) in [4.78, 5) is 4.58. The van der Waals surface area contributed by atoms with Crippen molar-refractivity contribution in [2.24, 2.45) is 10.9 Å². The van der Waals surface area contributed by atoms with E-state index >= 15 is 0 Å². The number of ether oxygens (including phenoxy) is 1. The highest BCUT2D eigenvalue weighted by molar-refractivity contribution is 14.0. The van der Waals surface area contributed by atoms with Crippen LogP contribution in [0.5, 0.6) is 0 Å². The van der Waals surface area contributed by atoms with Crippen LogP contribution in [-0.2, 0) is 4.74 Å². The molecule has 0 aromatic rings. The van der Waals surface area contributed by atoms with Gasteiger partial charge in [0.1, 0.15) is 0 Å². The summed E-state index contributed by atoms with van der Waals surface area (Å²) in [5.74, 6) is 1.81. The van der Waals surface area contributed by atoms with Crippen LogP contribution in [0, 0.1) is 5.92 Å². The molecule has 0 aromatic carbocycles. The molecule has 0 unspecified atom stereocenters. The first-order chi connectivity index (χ1) is 9.86. The molecule has 5 heteroatoms. The lowest BCUT2D eigenvalue weighted by molar-refractivity contribution is 0.123. The van der Waals surface area contributed by atoms with Gasteiger partial charge in [-0.15, -0.1) is 24.0 Å². The Kier molecular flexibility index (Phi) is 14.9. The Morgan fingerprint density at radius 3 is 2.57 bits per heavy atom. The molecule has 1 saturated carbocycles. The standard InChI is InChI=1S/C16H33N3O.HI/c1-3-5-6-7-11-18-16(17-4-2)19-12-8-13-20-14-15-9-10-15;/h15H,3-14H2,1-2H3,(H2,17,18,19);1H. The molecule has 0 saturated heterocycles. The summed E-state index contributed by atoms with van der Waals surface area (Å²) in [6.45, 7) is 8.92. The van der Waals surface area contributed by atoms with Gasteiger partial charge in [0.15, 0.2) is 5.96 Å². The molecule has 0 amide bonds. The molecular weight excluding hydrogens is 377 g/mol. The summed E-state index contributed by atoms with van der Waals surface area (Å²) < 4.78 is 5.61. The maximum Gasteiger partial charge on any atom is 0.191 e. The van der Waals surface area contributed by atoms with Gasteiger partial charge >= 0.3 is 0 Å². The van der Waals surface area contributed by atoms with Crippen LogP contribution in [0.15, 0.2) is 4.99 Å². The van der Waals surface area contributed by atoms with Gasteiger partial charge in [0, 0.05) is 32.8 Å². The van der Waals surface area contributed by atoms with Crippen LogP contribution in [-0.4, -0.2) is 38.8 Å². The SMILES string of the molecule is CCCCCCNC(=NCCCOCC1CC1)NCC.I. The van der Waals surface area contributed by atoms with Crippen molar-refractivity contribution in [2.45, 2.75) is 58.8 Å². The Labute approximate surface area is 147 Å². The summed E-state index contributed by atoms with van der Waals surface area (Å²) in [6.07, 6.45) is 8.89. The minimum Gasteiger partial charge on any atom is -0.381 e. The highest BCUT2D eigenvalue weighted by atomic mass is 127. The number of hydrogen-bond acceptors (Lipinski definition) is 2. The number of aliphatic imine (C=N–C) groups is 1. The van der Waals surface area contributed by atoms with Gasteiger partial charge in [-0.25, -0.2) is 0 Å². The molecule has 0 radical (unpaired) electrons. The smallest absolute Gasteiger partial charge is 0.191 e. The predicted octanol–water partition coefficient (Wildman–Crippen LogP) is 3.56. The van der Waals surface area contributed by atoms with Gasteiger partial charge in [0.25, 0.3) is 0 Å². The van der Waals surface area contributed by atoms with Gasteiger partial charge in [-0.1, -0.05) is 26.2 Å². The molecule has 2 N–H and O–H groups in total. The first-order valence-electron chi connectivity index (χ1n) is 8.46. The van der Waals surface area contributed by atoms with Gasteiger partial charge in [-0.05, 0) is 38.5 Å². The van der Waals surface area contributed by atoms with E-state index in [1.165, 1.54) is 38.5 Å². The van der Waals surface area contributed by atoms with E-state index in [1.807, 2.05) is 0 Å². The number of nitrogens with one attached hydrogen (secondary N) is 2. The third kappa shape index (κ3) is 13.4. The number of guanidine groups is 1. The average molecular weight is 411 g/mol. The molecule has 126 valence electrons. The van der Waals surface area contributed by atoms with Crippen LogP contribution in [0.25, 0.3) is 0 Å². The quantitative estimate of drug-likeness (QED) is 0.224. The third-order valence-electron chi connectivity index (χ3n) is 3.43. The van der Waals surface area contributed by atoms with E-state index in [2.05, 4.69) is 29.5 Å². The molecule has 0 bridgehead atoms. The largest absolute Gasteiger partial charge is 0.381 e. The Bertz CT molecular complexity index is 258. The fourth-order valence-corrected chi connectivity index (χ4v) is 1.99. The van der Waals surface area contributed by atoms with Crippen molar-refractivity contribution in [3.8, 4) is 0 Å². The molecule has 1 rings (SSSR count). The molecular formula is C16H34IN3O. The second-order valence-electron chi connectivity index (χ2n) is 5.62. The number of unbranched alkanes of at least 4 members (excludes halogenated alkanes) is 3. The second-order valence-corrected chi connectivity index (χ2v) is 5.62. The normalized spacial score (nSPS) is 14.7. The van der Waals surface area contributed by atoms with Gasteiger partial charge in [0.05, 0.1) is 0 Å². The summed E-state index contributed by atoms with van der Waals surface area (Å²) >= 11 is 0. The van der Waals surface area contributed by atoms with Crippen molar-refractivity contribution in [3.63, 3.8) is 0 Å². The van der Waals surface area contributed by atoms with E-state index in [0.717, 1.165) is 51.1 Å². The van der Waals surface area contributed by atoms with E-state index in [9.17, 15) is 0 Å². The molecule has 1 aliphatic rings. The van der Waals surface area contributed by atoms with Gasteiger partial charge in [-0.2, -0.15) is 0 Å². The summed E-state index contributed by atoms with van der Waals surface area (Å²) in [6, 6.07) is 0. The zero-order chi connectivity index (χ0) is 14.5. The minimum atomic E-state index is 0. The predicted molar refractivity (Wildman–Crippen MR) is 102 cm³/mol. The summed E-state index contributed by atoms with van der Waals surface area (Å²) in [5, 5.41) is 6.69. The van der Waals surface area contributed by atoms with E-state index in [0.29, 0.717) is 0 Å². The summed E-state index contributed by atoms with van der Waals surface area (Å²) in [5.41, 5.74) is 0. The van der Waals surface area contributed by atoms with Crippen molar-refractivity contribution in [3.05, 3.63) is 0 Å². The topological polar surface area (TPSA) is 45.7 Å². The van der Waals surface area contributed by atoms with Crippen LogP contribution >= 0.6 is 24.0 Å². The number of rotatable bonds is 12. The lowest BCUT2D eigenvalue weighted by atomic mass is 10.2. The van der Waals surface area contributed by atoms with Crippen molar-refractivity contribution in [2.75, 3.05) is 32.8 Å². The number of halogens is 1. The molecule has 0 heterocycles. The Morgan fingerprint density at radius 2 is 1.90 bits per heavy atom. The van der Waals surface area contributed by atoms with E-state index in [1.54, 1.807) is 0 Å². The van der Waals surface area contributed by atoms with Crippen molar-refractivity contribution in [1.29, 1.82) is 0 Å². The van der Waals surface area contributed by atoms with E-state index in [4.69, 9.17) is 4.74 Å². The zero-order valence-electron chi connectivity index (χ0n) is 13.8. The maximum absolute atomic E-state index is 5.61. The lowest BCUT2D eigenvalue weighted by Crippen LogP contribution is -2.37. The van der Waals surface area contributed by atoms with Crippen LogP contribution in [0.3, 0.4) is 0 Å². The van der Waals surface area contributed by atoms with Crippen molar-refractivity contribution >= 4 is 29.9 Å². The van der Waals surface area contributed by atoms with Crippen LogP contribution in [0.1, 0.15) is 58.8 Å². The minimum absolute atomic E-state index is 0. The molecule has 0 spiro atoms. The molecule has 21 heavy (non-hydrogen) atoms. The number of hydrogen-bond donors (Lipinski definition) is 2. The average Bonchev–Trinajstić information content (AvgIpc) is 3.26. The van der Waals surface area contributed by atoms with Crippen LogP contribution < -0.4 is 10.6 Å². The molecule has 4 nitrogen and oxygen atoms in total. The lowest BCUT2D eigenvalue weighted by Gasteiger charge is -2.11. The van der Waals surface area contributed by atoms with Gasteiger partial charge < -0.3 is 15.4 Å². The fourth-order valence-electron chi connectivity index (χ4n) is 1.99. The highest BCUT2D eigenvalue weighted by Crippen LogP contribution is 2.28. The van der Waals surface area contributed by atoms with E-state index in [-0.39, 0.29) is 24.0 Å². The fraction of sp³-hybridized carbons (Fsp3) is 0.938. The summed E-state index contributed by atoms with van der Waals surface area (Å²) in [7, 11) is 0. The molecule has 0 aromatic heterocycles. The highest BCUT2D eigenvalue weighted by Gasteiger charge is 2.20. The van der Waals surface area contributed by atoms with Crippen molar-refractivity contribution in [1.82, 2.24) is 10.6 Å². The van der Waals surface area contributed by atoms with E-state index < -0.39 is 0 Å². The van der Waals surface area contributed by atoms with Gasteiger partial charge in [0.2, 0.25) is 0 Å². The second kappa shape index (κ2) is 14.9. The first-order valence-corrected chi connectivity index (χ1v) is 8.46. The van der Waals surface area contributed by atoms with Crippen LogP contribution in [0.4, 0.5) is 0 Å². The van der Waals surface area contributed by atoms with Crippen LogP contribution in [0.2, 0.25) is 0 Å². The monoisotopic (exact) mass is 411 g/mol.